The van der Waals surface area contributed by atoms with Gasteiger partial charge in [0.15, 0.2) is 22.8 Å². The van der Waals surface area contributed by atoms with Crippen molar-refractivity contribution in [3.8, 4) is 11.5 Å². The number of thioether (sulfide) groups is 1. The van der Waals surface area contributed by atoms with Gasteiger partial charge in [0.05, 0.1) is 0 Å². The molecule has 2 heterocycles. The van der Waals surface area contributed by atoms with Crippen molar-refractivity contribution in [2.45, 2.75) is 51.4 Å². The highest BCUT2D eigenvalue weighted by molar-refractivity contribution is 7.98. The topological polar surface area (TPSA) is 99.6 Å². The van der Waals surface area contributed by atoms with Gasteiger partial charge in [-0.3, -0.25) is 9.59 Å². The normalized spacial score (nSPS) is 13.1. The summed E-state index contributed by atoms with van der Waals surface area (Å²) < 4.78 is 15.9. The van der Waals surface area contributed by atoms with E-state index in [9.17, 15) is 9.59 Å². The Morgan fingerprint density at radius 2 is 1.90 bits per heavy atom. The van der Waals surface area contributed by atoms with Crippen LogP contribution in [0, 0.1) is 13.8 Å². The van der Waals surface area contributed by atoms with Crippen molar-refractivity contribution in [2.24, 2.45) is 0 Å². The van der Waals surface area contributed by atoms with E-state index in [1.807, 2.05) is 32.2 Å². The summed E-state index contributed by atoms with van der Waals surface area (Å²) in [5.41, 5.74) is 3.51. The Balaban J connectivity index is 1.46. The first kappa shape index (κ1) is 21.9. The van der Waals surface area contributed by atoms with Crippen LogP contribution in [0.15, 0.2) is 23.4 Å². The number of fused-ring (bicyclic) bond motifs is 1. The number of carbonyl (C=O) groups is 2. The highest BCUT2D eigenvalue weighted by Crippen LogP contribution is 2.32. The Hall–Kier alpha value is -2.81. The summed E-state index contributed by atoms with van der Waals surface area (Å²) in [4.78, 5) is 33.3. The molecule has 1 aliphatic heterocycles. The van der Waals surface area contributed by atoms with Gasteiger partial charge in [-0.25, -0.2) is 9.97 Å². The van der Waals surface area contributed by atoms with Gasteiger partial charge in [-0.15, -0.1) is 0 Å². The summed E-state index contributed by atoms with van der Waals surface area (Å²) >= 11 is 1.48. The molecule has 0 aliphatic carbocycles. The molecule has 1 unspecified atom stereocenters. The molecule has 0 spiro atoms. The Labute approximate surface area is 179 Å². The van der Waals surface area contributed by atoms with Crippen LogP contribution in [0.5, 0.6) is 11.5 Å². The van der Waals surface area contributed by atoms with Crippen LogP contribution in [0.4, 0.5) is 0 Å². The van der Waals surface area contributed by atoms with Crippen LogP contribution >= 0.6 is 11.8 Å². The maximum absolute atomic E-state index is 12.3. The molecule has 1 N–H and O–H groups in total. The lowest BCUT2D eigenvalue weighted by atomic mass is 10.1. The lowest BCUT2D eigenvalue weighted by Gasteiger charge is -2.14. The Bertz CT molecular complexity index is 927. The number of hydrogen-bond donors (Lipinski definition) is 1. The quantitative estimate of drug-likeness (QED) is 0.387. The fraction of sp³-hybridized carbons (Fsp3) is 0.429. The van der Waals surface area contributed by atoms with E-state index in [-0.39, 0.29) is 19.1 Å². The molecule has 0 fully saturated rings. The van der Waals surface area contributed by atoms with Crippen LogP contribution in [0.3, 0.4) is 0 Å². The summed E-state index contributed by atoms with van der Waals surface area (Å²) in [7, 11) is 0. The molecule has 0 bridgehead atoms. The van der Waals surface area contributed by atoms with E-state index in [0.717, 1.165) is 22.5 Å². The van der Waals surface area contributed by atoms with Crippen LogP contribution in [0.2, 0.25) is 0 Å². The van der Waals surface area contributed by atoms with E-state index in [2.05, 4.69) is 15.3 Å². The van der Waals surface area contributed by atoms with Crippen molar-refractivity contribution in [3.05, 3.63) is 40.7 Å². The molecule has 0 radical (unpaired) electrons. The molecular formula is C21H25N3O5S. The number of nitrogens with zero attached hydrogens (tertiary/aromatic N) is 2. The van der Waals surface area contributed by atoms with Crippen molar-refractivity contribution < 1.29 is 23.8 Å². The monoisotopic (exact) mass is 431 g/mol. The number of esters is 1. The van der Waals surface area contributed by atoms with Crippen molar-refractivity contribution in [1.29, 1.82) is 0 Å². The highest BCUT2D eigenvalue weighted by Gasteiger charge is 2.19. The fourth-order valence-electron chi connectivity index (χ4n) is 3.08. The summed E-state index contributed by atoms with van der Waals surface area (Å²) in [5, 5.41) is 3.48. The molecule has 1 atom stereocenters. The highest BCUT2D eigenvalue weighted by atomic mass is 32.2. The summed E-state index contributed by atoms with van der Waals surface area (Å²) in [6.07, 6.45) is 1.66. The van der Waals surface area contributed by atoms with E-state index in [1.54, 1.807) is 13.0 Å². The van der Waals surface area contributed by atoms with Crippen molar-refractivity contribution >= 4 is 23.6 Å². The largest absolute Gasteiger partial charge is 0.454 e. The van der Waals surface area contributed by atoms with Crippen LogP contribution < -0.4 is 14.8 Å². The fourth-order valence-corrected chi connectivity index (χ4v) is 3.54. The number of hydrogen-bond acceptors (Lipinski definition) is 8. The number of aryl methyl sites for hydroxylation is 2. The average Bonchev–Trinajstić information content (AvgIpc) is 3.18. The second-order valence-corrected chi connectivity index (χ2v) is 7.67. The number of amides is 1. The number of carbonyl (C=O) groups excluding carboxylic acids is 2. The minimum Gasteiger partial charge on any atom is -0.454 e. The molecule has 0 saturated carbocycles. The van der Waals surface area contributed by atoms with Crippen LogP contribution in [-0.4, -0.2) is 41.0 Å². The number of benzene rings is 1. The SMILES string of the molecule is CSc1nc(C)c(CCC(=O)OC(C)C(=O)NCc2ccc3c(c2)OCO3)c(C)n1. The molecule has 3 rings (SSSR count). The second kappa shape index (κ2) is 9.80. The molecule has 30 heavy (non-hydrogen) atoms. The average molecular weight is 432 g/mol. The first-order valence-electron chi connectivity index (χ1n) is 9.61. The summed E-state index contributed by atoms with van der Waals surface area (Å²) in [6, 6.07) is 5.46. The van der Waals surface area contributed by atoms with E-state index in [1.165, 1.54) is 11.8 Å². The van der Waals surface area contributed by atoms with Gasteiger partial charge in [-0.2, -0.15) is 0 Å². The van der Waals surface area contributed by atoms with Gasteiger partial charge in [0.1, 0.15) is 0 Å². The Kier molecular flexibility index (Phi) is 7.15. The standard InChI is InChI=1S/C21H25N3O5S/c1-12-16(13(2)24-21(23-12)30-4)6-8-19(25)29-14(3)20(26)22-10-15-5-7-17-18(9-15)28-11-27-17/h5,7,9,14H,6,8,10-11H2,1-4H3,(H,22,26). The number of aromatic nitrogens is 2. The molecule has 8 nitrogen and oxygen atoms in total. The van der Waals surface area contributed by atoms with Gasteiger partial charge < -0.3 is 19.5 Å². The third kappa shape index (κ3) is 5.41. The first-order valence-corrected chi connectivity index (χ1v) is 10.8. The van der Waals surface area contributed by atoms with Crippen molar-refractivity contribution in [2.75, 3.05) is 13.0 Å². The molecule has 1 aromatic carbocycles. The minimum atomic E-state index is -0.885. The lowest BCUT2D eigenvalue weighted by molar-refractivity contribution is -0.154. The van der Waals surface area contributed by atoms with Gasteiger partial charge in [0.25, 0.3) is 5.91 Å². The second-order valence-electron chi connectivity index (χ2n) is 6.90. The third-order valence-corrected chi connectivity index (χ3v) is 5.29. The summed E-state index contributed by atoms with van der Waals surface area (Å²) in [6.45, 7) is 5.86. The van der Waals surface area contributed by atoms with E-state index in [0.29, 0.717) is 29.6 Å². The zero-order valence-electron chi connectivity index (χ0n) is 17.5. The molecule has 9 heteroatoms. The van der Waals surface area contributed by atoms with Crippen LogP contribution in [-0.2, 0) is 27.3 Å². The molecule has 2 aromatic rings. The molecular weight excluding hydrogens is 406 g/mol. The smallest absolute Gasteiger partial charge is 0.306 e. The number of rotatable bonds is 8. The molecule has 0 saturated heterocycles. The van der Waals surface area contributed by atoms with E-state index in [4.69, 9.17) is 14.2 Å². The summed E-state index contributed by atoms with van der Waals surface area (Å²) in [5.74, 6) is 0.544. The third-order valence-electron chi connectivity index (χ3n) is 4.74. The maximum Gasteiger partial charge on any atom is 0.306 e. The molecule has 160 valence electrons. The van der Waals surface area contributed by atoms with E-state index >= 15 is 0 Å². The zero-order chi connectivity index (χ0) is 21.7. The van der Waals surface area contributed by atoms with Gasteiger partial charge >= 0.3 is 5.97 Å². The molecule has 1 aliphatic rings. The Morgan fingerprint density at radius 1 is 1.20 bits per heavy atom. The Morgan fingerprint density at radius 3 is 2.60 bits per heavy atom. The van der Waals surface area contributed by atoms with Crippen molar-refractivity contribution in [1.82, 2.24) is 15.3 Å². The van der Waals surface area contributed by atoms with Gasteiger partial charge in [0, 0.05) is 24.4 Å². The zero-order valence-corrected chi connectivity index (χ0v) is 18.3. The van der Waals surface area contributed by atoms with E-state index < -0.39 is 12.1 Å². The number of nitrogens with one attached hydrogen (secondary N) is 1. The predicted octanol–water partition coefficient (Wildman–Crippen LogP) is 2.72. The molecule has 1 amide bonds. The predicted molar refractivity (Wildman–Crippen MR) is 112 cm³/mol. The van der Waals surface area contributed by atoms with Gasteiger partial charge in [-0.05, 0) is 56.7 Å². The first-order chi connectivity index (χ1) is 14.4. The van der Waals surface area contributed by atoms with Crippen LogP contribution in [0.25, 0.3) is 0 Å². The minimum absolute atomic E-state index is 0.156. The van der Waals surface area contributed by atoms with Crippen LogP contribution in [0.1, 0.15) is 35.9 Å². The lowest BCUT2D eigenvalue weighted by Crippen LogP contribution is -2.35. The number of ether oxygens (including phenoxy) is 3. The van der Waals surface area contributed by atoms with Crippen molar-refractivity contribution in [3.63, 3.8) is 0 Å². The van der Waals surface area contributed by atoms with Gasteiger partial charge in [-0.1, -0.05) is 17.8 Å². The van der Waals surface area contributed by atoms with Gasteiger partial charge in [0.2, 0.25) is 6.79 Å². The maximum atomic E-state index is 12.3. The molecule has 1 aromatic heterocycles.